The Morgan fingerprint density at radius 1 is 1.42 bits per heavy atom. The minimum Gasteiger partial charge on any atom is -0.363 e. The van der Waals surface area contributed by atoms with Gasteiger partial charge in [0, 0.05) is 45.5 Å². The molecule has 2 heterocycles. The molecular formula is C15H21FN4O5S. The van der Waals surface area contributed by atoms with Crippen LogP contribution < -0.4 is 10.0 Å². The number of nitrogens with zero attached hydrogens (tertiary/aromatic N) is 3. The van der Waals surface area contributed by atoms with Gasteiger partial charge in [0.1, 0.15) is 11.9 Å². The lowest BCUT2D eigenvalue weighted by molar-refractivity contribution is -0.384. The van der Waals surface area contributed by atoms with Crippen molar-refractivity contribution in [2.24, 2.45) is 5.14 Å². The van der Waals surface area contributed by atoms with E-state index in [1.165, 1.54) is 18.0 Å². The Bertz CT molecular complexity index is 806. The fourth-order valence-electron chi connectivity index (χ4n) is 3.33. The van der Waals surface area contributed by atoms with Crippen molar-refractivity contribution in [1.29, 1.82) is 0 Å². The summed E-state index contributed by atoms with van der Waals surface area (Å²) >= 11 is 0. The second kappa shape index (κ2) is 6.72. The highest BCUT2D eigenvalue weighted by Crippen LogP contribution is 2.39. The highest BCUT2D eigenvalue weighted by molar-refractivity contribution is 7.89. The molecule has 0 bridgehead atoms. The maximum absolute atomic E-state index is 15.5. The molecule has 2 aliphatic rings. The maximum Gasteiger partial charge on any atom is 0.293 e. The molecule has 0 amide bonds. The number of anilines is 1. The van der Waals surface area contributed by atoms with Crippen LogP contribution in [0.5, 0.6) is 0 Å². The normalized spacial score (nSPS) is 23.3. The molecule has 0 aliphatic carbocycles. The summed E-state index contributed by atoms with van der Waals surface area (Å²) in [5.74, 6) is -1.77. The molecule has 2 fully saturated rings. The van der Waals surface area contributed by atoms with Gasteiger partial charge in [0.25, 0.3) is 5.69 Å². The topological polar surface area (TPSA) is 119 Å². The number of piperidine rings is 1. The van der Waals surface area contributed by atoms with Crippen molar-refractivity contribution in [3.8, 4) is 0 Å². The number of nitro benzene ring substituents is 1. The third-order valence-corrected chi connectivity index (χ3v) is 5.99. The molecule has 11 heteroatoms. The Labute approximate surface area is 150 Å². The lowest BCUT2D eigenvalue weighted by Gasteiger charge is -2.46. The lowest BCUT2D eigenvalue weighted by Crippen LogP contribution is -2.56. The van der Waals surface area contributed by atoms with Gasteiger partial charge in [-0.3, -0.25) is 15.0 Å². The zero-order chi connectivity index (χ0) is 19.1. The van der Waals surface area contributed by atoms with E-state index in [-0.39, 0.29) is 29.7 Å². The monoisotopic (exact) mass is 388 g/mol. The number of alkyl halides is 1. The summed E-state index contributed by atoms with van der Waals surface area (Å²) < 4.78 is 43.8. The van der Waals surface area contributed by atoms with Crippen LogP contribution in [-0.2, 0) is 14.8 Å². The Morgan fingerprint density at radius 3 is 2.50 bits per heavy atom. The number of benzene rings is 1. The number of likely N-dealkylation sites (tertiary alicyclic amines) is 1. The number of hydrogen-bond donors (Lipinski definition) is 1. The van der Waals surface area contributed by atoms with Crippen LogP contribution in [0.3, 0.4) is 0 Å². The zero-order valence-corrected chi connectivity index (χ0v) is 15.1. The Balaban J connectivity index is 1.84. The molecule has 3 rings (SSSR count). The van der Waals surface area contributed by atoms with Crippen LogP contribution in [0.2, 0.25) is 0 Å². The third-order valence-electron chi connectivity index (χ3n) is 5.08. The number of halogens is 1. The molecule has 0 saturated carbocycles. The summed E-state index contributed by atoms with van der Waals surface area (Å²) in [7, 11) is -2.65. The molecule has 1 aromatic rings. The average molecular weight is 388 g/mol. The molecule has 0 spiro atoms. The number of primary sulfonamides is 1. The fourth-order valence-corrected chi connectivity index (χ4v) is 3.86. The quantitative estimate of drug-likeness (QED) is 0.457. The Kier molecular flexibility index (Phi) is 4.90. The Hall–Kier alpha value is -1.82. The molecule has 2 N–H and O–H groups in total. The molecule has 26 heavy (non-hydrogen) atoms. The molecular weight excluding hydrogens is 367 g/mol. The van der Waals surface area contributed by atoms with E-state index in [9.17, 15) is 18.5 Å². The van der Waals surface area contributed by atoms with E-state index in [0.29, 0.717) is 19.7 Å². The van der Waals surface area contributed by atoms with Crippen LogP contribution in [0.4, 0.5) is 15.8 Å². The van der Waals surface area contributed by atoms with Gasteiger partial charge in [-0.25, -0.2) is 17.9 Å². The summed E-state index contributed by atoms with van der Waals surface area (Å²) in [6, 6.07) is 3.23. The standard InChI is InChI=1S/C15H21FN4O5S/c1-18(15(16)5-7-19(8-6-15)14-4-9-25-14)12-3-2-11(26(17,23)24)10-13(12)20(21)22/h2-3,10,14H,4-9H2,1H3,(H2,17,23,24). The first-order valence-corrected chi connectivity index (χ1v) is 9.76. The van der Waals surface area contributed by atoms with E-state index >= 15 is 4.39 Å². The van der Waals surface area contributed by atoms with Crippen molar-refractivity contribution >= 4 is 21.4 Å². The number of nitro groups is 1. The molecule has 0 radical (unpaired) electrons. The highest BCUT2D eigenvalue weighted by atomic mass is 32.2. The van der Waals surface area contributed by atoms with Gasteiger partial charge >= 0.3 is 0 Å². The maximum atomic E-state index is 15.5. The largest absolute Gasteiger partial charge is 0.363 e. The van der Waals surface area contributed by atoms with Gasteiger partial charge in [0.05, 0.1) is 16.4 Å². The van der Waals surface area contributed by atoms with Crippen molar-refractivity contribution in [1.82, 2.24) is 4.90 Å². The van der Waals surface area contributed by atoms with E-state index < -0.39 is 26.4 Å². The predicted molar refractivity (Wildman–Crippen MR) is 91.9 cm³/mol. The van der Waals surface area contributed by atoms with E-state index in [1.54, 1.807) is 0 Å². The Morgan fingerprint density at radius 2 is 2.04 bits per heavy atom. The van der Waals surface area contributed by atoms with Gasteiger partial charge in [0.15, 0.2) is 5.79 Å². The SMILES string of the molecule is CN(c1ccc(S(N)(=O)=O)cc1[N+](=O)[O-])C1(F)CCN(C2CCO2)CC1. The van der Waals surface area contributed by atoms with Gasteiger partial charge in [-0.1, -0.05) is 0 Å². The van der Waals surface area contributed by atoms with Gasteiger partial charge in [-0.2, -0.15) is 0 Å². The van der Waals surface area contributed by atoms with Crippen LogP contribution in [0.25, 0.3) is 0 Å². The molecule has 0 aromatic heterocycles. The van der Waals surface area contributed by atoms with E-state index in [4.69, 9.17) is 9.88 Å². The average Bonchev–Trinajstić information content (AvgIpc) is 2.53. The molecule has 2 aliphatic heterocycles. The van der Waals surface area contributed by atoms with Crippen molar-refractivity contribution < 1.29 is 22.5 Å². The number of hydrogen-bond acceptors (Lipinski definition) is 7. The number of ether oxygens (including phenoxy) is 1. The predicted octanol–water partition coefficient (Wildman–Crippen LogP) is 1.19. The molecule has 2 saturated heterocycles. The van der Waals surface area contributed by atoms with Crippen LogP contribution in [0.15, 0.2) is 23.1 Å². The second-order valence-electron chi connectivity index (χ2n) is 6.58. The smallest absolute Gasteiger partial charge is 0.293 e. The van der Waals surface area contributed by atoms with Crippen molar-refractivity contribution in [2.75, 3.05) is 31.6 Å². The van der Waals surface area contributed by atoms with Crippen molar-refractivity contribution in [2.45, 2.75) is 36.2 Å². The molecule has 144 valence electrons. The van der Waals surface area contributed by atoms with Crippen LogP contribution in [0, 0.1) is 10.1 Å². The second-order valence-corrected chi connectivity index (χ2v) is 8.14. The van der Waals surface area contributed by atoms with Gasteiger partial charge in [0.2, 0.25) is 10.0 Å². The van der Waals surface area contributed by atoms with E-state index in [1.807, 2.05) is 0 Å². The first-order valence-electron chi connectivity index (χ1n) is 8.21. The lowest BCUT2D eigenvalue weighted by atomic mass is 9.98. The highest BCUT2D eigenvalue weighted by Gasteiger charge is 2.43. The number of sulfonamides is 1. The minimum absolute atomic E-state index is 0.0123. The molecule has 9 nitrogen and oxygen atoms in total. The molecule has 1 aromatic carbocycles. The molecule has 1 atom stereocenters. The van der Waals surface area contributed by atoms with Gasteiger partial charge in [-0.05, 0) is 12.1 Å². The summed E-state index contributed by atoms with van der Waals surface area (Å²) in [5.41, 5.74) is -0.487. The van der Waals surface area contributed by atoms with E-state index in [0.717, 1.165) is 18.6 Å². The van der Waals surface area contributed by atoms with Crippen LogP contribution >= 0.6 is 0 Å². The van der Waals surface area contributed by atoms with Crippen LogP contribution in [-0.4, -0.2) is 57.0 Å². The molecule has 1 unspecified atom stereocenters. The van der Waals surface area contributed by atoms with Crippen LogP contribution in [0.1, 0.15) is 19.3 Å². The zero-order valence-electron chi connectivity index (χ0n) is 14.3. The summed E-state index contributed by atoms with van der Waals surface area (Å²) in [5, 5.41) is 16.4. The fraction of sp³-hybridized carbons (Fsp3) is 0.600. The first kappa shape index (κ1) is 19.0. The van der Waals surface area contributed by atoms with Crippen molar-refractivity contribution in [3.63, 3.8) is 0 Å². The minimum atomic E-state index is -4.09. The summed E-state index contributed by atoms with van der Waals surface area (Å²) in [6.07, 6.45) is 1.29. The number of nitrogens with two attached hydrogens (primary N) is 1. The van der Waals surface area contributed by atoms with Crippen molar-refractivity contribution in [3.05, 3.63) is 28.3 Å². The first-order chi connectivity index (χ1) is 12.1. The third kappa shape index (κ3) is 3.52. The van der Waals surface area contributed by atoms with Gasteiger partial charge in [-0.15, -0.1) is 0 Å². The summed E-state index contributed by atoms with van der Waals surface area (Å²) in [6.45, 7) is 1.67. The summed E-state index contributed by atoms with van der Waals surface area (Å²) in [4.78, 5) is 13.5. The van der Waals surface area contributed by atoms with E-state index in [2.05, 4.69) is 4.90 Å². The van der Waals surface area contributed by atoms with Gasteiger partial charge < -0.3 is 9.64 Å². The number of rotatable bonds is 5.